The molecule has 8 heteroatoms. The molecule has 0 unspecified atom stereocenters. The zero-order chi connectivity index (χ0) is 21.3. The second kappa shape index (κ2) is 8.10. The second-order valence-electron chi connectivity index (χ2n) is 7.54. The van der Waals surface area contributed by atoms with Gasteiger partial charge in [0.1, 0.15) is 11.6 Å². The van der Waals surface area contributed by atoms with Crippen molar-refractivity contribution in [3.8, 4) is 12.1 Å². The molecular formula is C22H18F2N4O2. The number of nitriles is 2. The molecule has 0 radical (unpaired) electrons. The highest BCUT2D eigenvalue weighted by atomic mass is 19.1. The third kappa shape index (κ3) is 3.96. The van der Waals surface area contributed by atoms with Crippen LogP contribution in [0.3, 0.4) is 0 Å². The number of carbonyl (C=O) groups is 1. The molecule has 2 aromatic carbocycles. The van der Waals surface area contributed by atoms with Gasteiger partial charge in [-0.05, 0) is 54.8 Å². The molecule has 1 N–H and O–H groups in total. The third-order valence-corrected chi connectivity index (χ3v) is 5.44. The summed E-state index contributed by atoms with van der Waals surface area (Å²) in [5.41, 5.74) is 1.46. The minimum atomic E-state index is -0.525. The predicted molar refractivity (Wildman–Crippen MR) is 103 cm³/mol. The summed E-state index contributed by atoms with van der Waals surface area (Å²) >= 11 is 0. The smallest absolute Gasteiger partial charge is 0.249 e. The lowest BCUT2D eigenvalue weighted by Gasteiger charge is -2.38. The Kier molecular flexibility index (Phi) is 5.35. The van der Waals surface area contributed by atoms with Gasteiger partial charge in [0.2, 0.25) is 5.91 Å². The molecule has 1 atom stereocenters. The number of nitrogens with one attached hydrogen (secondary N) is 1. The van der Waals surface area contributed by atoms with E-state index >= 15 is 0 Å². The van der Waals surface area contributed by atoms with Crippen molar-refractivity contribution in [3.63, 3.8) is 0 Å². The normalized spacial score (nSPS) is 22.7. The maximum atomic E-state index is 13.8. The van der Waals surface area contributed by atoms with E-state index in [9.17, 15) is 13.6 Å². The number of hydrogen-bond acceptors (Lipinski definition) is 5. The Morgan fingerprint density at radius 2 is 1.70 bits per heavy atom. The molecule has 1 aliphatic heterocycles. The van der Waals surface area contributed by atoms with E-state index in [-0.39, 0.29) is 29.0 Å². The number of carbonyl (C=O) groups excluding carboxylic acids is 1. The highest BCUT2D eigenvalue weighted by Crippen LogP contribution is 2.38. The van der Waals surface area contributed by atoms with E-state index in [4.69, 9.17) is 15.4 Å². The summed E-state index contributed by atoms with van der Waals surface area (Å²) in [6.45, 7) is 0.337. The van der Waals surface area contributed by atoms with E-state index in [1.807, 2.05) is 12.1 Å². The van der Waals surface area contributed by atoms with Crippen molar-refractivity contribution in [2.24, 2.45) is 5.92 Å². The van der Waals surface area contributed by atoms with Gasteiger partial charge in [-0.1, -0.05) is 0 Å². The standard InChI is InChI=1S/C22H18F2N4O2/c23-17-4-13(11-25)3-15(7-17)21-1-2-30-28(21)22(29)16-8-20(9-16)27-19-6-14(12-26)5-18(24)10-19/h3-7,10,16,20-21,27H,1-2,8-9H2/t16?,20?,21-/m0/s1. The highest BCUT2D eigenvalue weighted by molar-refractivity contribution is 5.80. The van der Waals surface area contributed by atoms with Crippen molar-refractivity contribution in [3.05, 3.63) is 64.7 Å². The van der Waals surface area contributed by atoms with E-state index in [1.165, 1.54) is 17.2 Å². The zero-order valence-corrected chi connectivity index (χ0v) is 15.9. The molecule has 2 aromatic rings. The summed E-state index contributed by atoms with van der Waals surface area (Å²) in [5, 5.41) is 22.5. The van der Waals surface area contributed by atoms with Gasteiger partial charge in [0, 0.05) is 24.1 Å². The quantitative estimate of drug-likeness (QED) is 0.831. The third-order valence-electron chi connectivity index (χ3n) is 5.44. The first kappa shape index (κ1) is 19.8. The Bertz CT molecular complexity index is 1070. The number of hydrogen-bond donors (Lipinski definition) is 1. The Balaban J connectivity index is 1.40. The average molecular weight is 408 g/mol. The second-order valence-corrected chi connectivity index (χ2v) is 7.54. The largest absolute Gasteiger partial charge is 0.382 e. The first-order chi connectivity index (χ1) is 14.5. The lowest BCUT2D eigenvalue weighted by atomic mass is 9.79. The van der Waals surface area contributed by atoms with Crippen LogP contribution in [0.15, 0.2) is 36.4 Å². The fourth-order valence-electron chi connectivity index (χ4n) is 3.95. The lowest BCUT2D eigenvalue weighted by Crippen LogP contribution is -2.45. The number of halogens is 2. The maximum Gasteiger partial charge on any atom is 0.249 e. The van der Waals surface area contributed by atoms with Crippen molar-refractivity contribution < 1.29 is 18.4 Å². The Hall–Kier alpha value is -3.49. The fourth-order valence-corrected chi connectivity index (χ4v) is 3.95. The lowest BCUT2D eigenvalue weighted by molar-refractivity contribution is -0.184. The van der Waals surface area contributed by atoms with Gasteiger partial charge in [0.05, 0.1) is 35.9 Å². The van der Waals surface area contributed by atoms with Gasteiger partial charge in [0.25, 0.3) is 0 Å². The van der Waals surface area contributed by atoms with Gasteiger partial charge in [-0.15, -0.1) is 0 Å². The molecule has 4 rings (SSSR count). The van der Waals surface area contributed by atoms with Crippen molar-refractivity contribution in [1.82, 2.24) is 5.06 Å². The summed E-state index contributed by atoms with van der Waals surface area (Å²) in [6, 6.07) is 11.5. The molecule has 1 heterocycles. The van der Waals surface area contributed by atoms with Crippen LogP contribution in [0, 0.1) is 40.2 Å². The number of anilines is 1. The molecule has 2 fully saturated rings. The molecule has 0 bridgehead atoms. The van der Waals surface area contributed by atoms with Crippen LogP contribution in [0.1, 0.15) is 42.0 Å². The Morgan fingerprint density at radius 3 is 2.40 bits per heavy atom. The molecule has 0 spiro atoms. The number of benzene rings is 2. The summed E-state index contributed by atoms with van der Waals surface area (Å²) < 4.78 is 27.4. The van der Waals surface area contributed by atoms with E-state index in [2.05, 4.69) is 5.32 Å². The monoisotopic (exact) mass is 408 g/mol. The van der Waals surface area contributed by atoms with Crippen LogP contribution in [-0.4, -0.2) is 23.6 Å². The molecule has 6 nitrogen and oxygen atoms in total. The first-order valence-electron chi connectivity index (χ1n) is 9.60. The van der Waals surface area contributed by atoms with Crippen LogP contribution in [-0.2, 0) is 9.63 Å². The van der Waals surface area contributed by atoms with Crippen molar-refractivity contribution in [1.29, 1.82) is 10.5 Å². The molecule has 0 aromatic heterocycles. The highest BCUT2D eigenvalue weighted by Gasteiger charge is 2.42. The van der Waals surface area contributed by atoms with Crippen LogP contribution in [0.4, 0.5) is 14.5 Å². The van der Waals surface area contributed by atoms with Crippen molar-refractivity contribution in [2.45, 2.75) is 31.3 Å². The molecule has 1 amide bonds. The molecule has 2 aliphatic rings. The fraction of sp³-hybridized carbons (Fsp3) is 0.318. The molecule has 30 heavy (non-hydrogen) atoms. The summed E-state index contributed by atoms with van der Waals surface area (Å²) in [4.78, 5) is 18.4. The topological polar surface area (TPSA) is 89.2 Å². The minimum absolute atomic E-state index is 0.0206. The zero-order valence-electron chi connectivity index (χ0n) is 15.9. The number of nitrogens with zero attached hydrogens (tertiary/aromatic N) is 3. The van der Waals surface area contributed by atoms with Gasteiger partial charge >= 0.3 is 0 Å². The van der Waals surface area contributed by atoms with E-state index in [1.54, 1.807) is 12.1 Å². The summed E-state index contributed by atoms with van der Waals surface area (Å²) in [5.74, 6) is -1.47. The molecule has 1 saturated carbocycles. The van der Waals surface area contributed by atoms with Crippen LogP contribution < -0.4 is 5.32 Å². The van der Waals surface area contributed by atoms with Gasteiger partial charge in [-0.2, -0.15) is 10.5 Å². The van der Waals surface area contributed by atoms with Crippen molar-refractivity contribution in [2.75, 3.05) is 11.9 Å². The SMILES string of the molecule is N#Cc1cc(F)cc(NC2CC(C(=O)N3OCC[C@H]3c3cc(F)cc(C#N)c3)C2)c1. The van der Waals surface area contributed by atoms with Crippen LogP contribution >= 0.6 is 0 Å². The number of amides is 1. The van der Waals surface area contributed by atoms with Gasteiger partial charge in [0.15, 0.2) is 0 Å². The number of rotatable bonds is 4. The summed E-state index contributed by atoms with van der Waals surface area (Å²) in [7, 11) is 0. The molecule has 1 aliphatic carbocycles. The Labute approximate surface area is 172 Å². The van der Waals surface area contributed by atoms with E-state index in [0.717, 1.165) is 12.1 Å². The van der Waals surface area contributed by atoms with Gasteiger partial charge < -0.3 is 5.32 Å². The maximum absolute atomic E-state index is 13.8. The molecule has 152 valence electrons. The van der Waals surface area contributed by atoms with Gasteiger partial charge in [-0.3, -0.25) is 9.63 Å². The number of hydroxylamine groups is 2. The predicted octanol–water partition coefficient (Wildman–Crippen LogP) is 3.80. The van der Waals surface area contributed by atoms with E-state index < -0.39 is 17.7 Å². The minimum Gasteiger partial charge on any atom is -0.382 e. The van der Waals surface area contributed by atoms with Crippen LogP contribution in [0.5, 0.6) is 0 Å². The first-order valence-corrected chi connectivity index (χ1v) is 9.60. The van der Waals surface area contributed by atoms with Gasteiger partial charge in [-0.25, -0.2) is 13.8 Å². The van der Waals surface area contributed by atoms with Crippen LogP contribution in [0.25, 0.3) is 0 Å². The van der Waals surface area contributed by atoms with Crippen LogP contribution in [0.2, 0.25) is 0 Å². The molecule has 1 saturated heterocycles. The van der Waals surface area contributed by atoms with E-state index in [0.29, 0.717) is 37.1 Å². The Morgan fingerprint density at radius 1 is 1.03 bits per heavy atom. The average Bonchev–Trinajstić information content (AvgIpc) is 3.19. The molecular weight excluding hydrogens is 390 g/mol. The summed E-state index contributed by atoms with van der Waals surface area (Å²) in [6.07, 6.45) is 1.60. The van der Waals surface area contributed by atoms with Crippen molar-refractivity contribution >= 4 is 11.6 Å².